The quantitative estimate of drug-likeness (QED) is 0.886. The number of hydrogen-bond acceptors (Lipinski definition) is 4. The van der Waals surface area contributed by atoms with E-state index in [1.807, 2.05) is 14.1 Å². The Morgan fingerprint density at radius 3 is 2.90 bits per heavy atom. The van der Waals surface area contributed by atoms with E-state index in [-0.39, 0.29) is 11.3 Å². The summed E-state index contributed by atoms with van der Waals surface area (Å²) in [4.78, 5) is 18.5. The van der Waals surface area contributed by atoms with Crippen molar-refractivity contribution in [2.24, 2.45) is 5.41 Å². The molecule has 0 aromatic carbocycles. The standard InChI is InChI=1S/C14H21N5O/c1-14(2,10-18(3)4)9-16-13(20)11-8-17-19-7-5-6-15-12(11)19/h5-8H,9-10H2,1-4H3,(H,16,20). The van der Waals surface area contributed by atoms with Crippen LogP contribution >= 0.6 is 0 Å². The lowest BCUT2D eigenvalue weighted by Crippen LogP contribution is -2.39. The number of hydrogen-bond donors (Lipinski definition) is 1. The van der Waals surface area contributed by atoms with Crippen molar-refractivity contribution in [1.82, 2.24) is 24.8 Å². The first kappa shape index (κ1) is 14.5. The summed E-state index contributed by atoms with van der Waals surface area (Å²) in [6.45, 7) is 5.76. The van der Waals surface area contributed by atoms with Gasteiger partial charge in [0.2, 0.25) is 0 Å². The van der Waals surface area contributed by atoms with Gasteiger partial charge < -0.3 is 10.2 Å². The van der Waals surface area contributed by atoms with Crippen molar-refractivity contribution in [3.63, 3.8) is 0 Å². The van der Waals surface area contributed by atoms with Crippen LogP contribution in [-0.4, -0.2) is 52.6 Å². The predicted molar refractivity (Wildman–Crippen MR) is 77.7 cm³/mol. The normalized spacial score (nSPS) is 12.1. The van der Waals surface area contributed by atoms with Gasteiger partial charge in [-0.2, -0.15) is 5.10 Å². The maximum Gasteiger partial charge on any atom is 0.256 e. The molecule has 6 nitrogen and oxygen atoms in total. The first-order valence-corrected chi connectivity index (χ1v) is 6.60. The second kappa shape index (κ2) is 5.58. The van der Waals surface area contributed by atoms with E-state index in [1.165, 1.54) is 0 Å². The van der Waals surface area contributed by atoms with Gasteiger partial charge in [-0.3, -0.25) is 4.79 Å². The molecule has 1 amide bonds. The Bertz CT molecular complexity index is 602. The van der Waals surface area contributed by atoms with Crippen molar-refractivity contribution in [3.8, 4) is 0 Å². The summed E-state index contributed by atoms with van der Waals surface area (Å²) in [5, 5.41) is 7.08. The van der Waals surface area contributed by atoms with Gasteiger partial charge in [0.1, 0.15) is 5.56 Å². The number of nitrogens with zero attached hydrogens (tertiary/aromatic N) is 4. The molecule has 0 saturated carbocycles. The van der Waals surface area contributed by atoms with E-state index >= 15 is 0 Å². The molecule has 6 heteroatoms. The summed E-state index contributed by atoms with van der Waals surface area (Å²) < 4.78 is 1.60. The highest BCUT2D eigenvalue weighted by atomic mass is 16.1. The summed E-state index contributed by atoms with van der Waals surface area (Å²) in [7, 11) is 4.05. The molecule has 1 N–H and O–H groups in total. The van der Waals surface area contributed by atoms with E-state index in [9.17, 15) is 4.79 Å². The highest BCUT2D eigenvalue weighted by molar-refractivity contribution is 5.99. The number of fused-ring (bicyclic) bond motifs is 1. The van der Waals surface area contributed by atoms with Crippen LogP contribution in [0.2, 0.25) is 0 Å². The van der Waals surface area contributed by atoms with E-state index in [0.29, 0.717) is 17.8 Å². The van der Waals surface area contributed by atoms with Gasteiger partial charge in [0.05, 0.1) is 6.20 Å². The SMILES string of the molecule is CN(C)CC(C)(C)CNC(=O)c1cnn2cccnc12. The maximum absolute atomic E-state index is 12.2. The van der Waals surface area contributed by atoms with Gasteiger partial charge in [0.25, 0.3) is 5.91 Å². The van der Waals surface area contributed by atoms with Crippen LogP contribution in [0.4, 0.5) is 0 Å². The Kier molecular flexibility index (Phi) is 4.04. The highest BCUT2D eigenvalue weighted by Crippen LogP contribution is 2.15. The van der Waals surface area contributed by atoms with Crippen molar-refractivity contribution < 1.29 is 4.79 Å². The smallest absolute Gasteiger partial charge is 0.256 e. The van der Waals surface area contributed by atoms with E-state index in [2.05, 4.69) is 34.1 Å². The molecule has 2 aromatic heterocycles. The fourth-order valence-electron chi connectivity index (χ4n) is 2.31. The minimum atomic E-state index is -0.134. The van der Waals surface area contributed by atoms with Crippen LogP contribution in [0, 0.1) is 5.41 Å². The second-order valence-corrected chi connectivity index (χ2v) is 6.03. The first-order valence-electron chi connectivity index (χ1n) is 6.60. The second-order valence-electron chi connectivity index (χ2n) is 6.03. The lowest BCUT2D eigenvalue weighted by atomic mass is 9.93. The van der Waals surface area contributed by atoms with E-state index < -0.39 is 0 Å². The lowest BCUT2D eigenvalue weighted by molar-refractivity contribution is 0.0930. The third-order valence-corrected chi connectivity index (χ3v) is 3.00. The van der Waals surface area contributed by atoms with Crippen molar-refractivity contribution in [3.05, 3.63) is 30.2 Å². The van der Waals surface area contributed by atoms with Crippen LogP contribution in [0.15, 0.2) is 24.7 Å². The van der Waals surface area contributed by atoms with Gasteiger partial charge in [0, 0.05) is 25.5 Å². The fraction of sp³-hybridized carbons (Fsp3) is 0.500. The van der Waals surface area contributed by atoms with Crippen LogP contribution in [0.25, 0.3) is 5.65 Å². The molecule has 2 aromatic rings. The minimum absolute atomic E-state index is 0.00948. The van der Waals surface area contributed by atoms with Crippen LogP contribution in [0.5, 0.6) is 0 Å². The third-order valence-electron chi connectivity index (χ3n) is 3.00. The highest BCUT2D eigenvalue weighted by Gasteiger charge is 2.21. The van der Waals surface area contributed by atoms with Gasteiger partial charge in [0.15, 0.2) is 5.65 Å². The number of amides is 1. The van der Waals surface area contributed by atoms with Gasteiger partial charge in [-0.1, -0.05) is 13.8 Å². The summed E-state index contributed by atoms with van der Waals surface area (Å²) >= 11 is 0. The number of carbonyl (C=O) groups excluding carboxylic acids is 1. The topological polar surface area (TPSA) is 62.5 Å². The number of aromatic nitrogens is 3. The van der Waals surface area contributed by atoms with E-state index in [0.717, 1.165) is 6.54 Å². The maximum atomic E-state index is 12.2. The molecule has 20 heavy (non-hydrogen) atoms. The zero-order valence-corrected chi connectivity index (χ0v) is 12.4. The Morgan fingerprint density at radius 1 is 1.45 bits per heavy atom. The summed E-state index contributed by atoms with van der Waals surface area (Å²) in [6, 6.07) is 1.78. The molecular formula is C14H21N5O. The molecule has 0 atom stereocenters. The average Bonchev–Trinajstić information content (AvgIpc) is 2.78. The zero-order valence-electron chi connectivity index (χ0n) is 12.4. The summed E-state index contributed by atoms with van der Waals surface area (Å²) in [5.41, 5.74) is 1.09. The largest absolute Gasteiger partial charge is 0.351 e. The molecule has 0 aliphatic heterocycles. The van der Waals surface area contributed by atoms with Crippen molar-refractivity contribution in [2.45, 2.75) is 13.8 Å². The van der Waals surface area contributed by atoms with Gasteiger partial charge in [-0.15, -0.1) is 0 Å². The Hall–Kier alpha value is -1.95. The fourth-order valence-corrected chi connectivity index (χ4v) is 2.31. The first-order chi connectivity index (χ1) is 9.39. The lowest BCUT2D eigenvalue weighted by Gasteiger charge is -2.28. The Labute approximate surface area is 118 Å². The molecule has 0 radical (unpaired) electrons. The Morgan fingerprint density at radius 2 is 2.20 bits per heavy atom. The molecule has 0 saturated heterocycles. The van der Waals surface area contributed by atoms with Crippen LogP contribution in [-0.2, 0) is 0 Å². The molecule has 2 rings (SSSR count). The van der Waals surface area contributed by atoms with Gasteiger partial charge >= 0.3 is 0 Å². The van der Waals surface area contributed by atoms with Crippen molar-refractivity contribution in [2.75, 3.05) is 27.2 Å². The number of carbonyl (C=O) groups is 1. The number of rotatable bonds is 5. The molecule has 0 aliphatic rings. The molecule has 0 aliphatic carbocycles. The minimum Gasteiger partial charge on any atom is -0.351 e. The van der Waals surface area contributed by atoms with Crippen molar-refractivity contribution >= 4 is 11.6 Å². The van der Waals surface area contributed by atoms with Crippen LogP contribution < -0.4 is 5.32 Å². The molecule has 0 spiro atoms. The molecule has 0 fully saturated rings. The van der Waals surface area contributed by atoms with Crippen molar-refractivity contribution in [1.29, 1.82) is 0 Å². The van der Waals surface area contributed by atoms with E-state index in [1.54, 1.807) is 29.2 Å². The zero-order chi connectivity index (χ0) is 14.8. The summed E-state index contributed by atoms with van der Waals surface area (Å²) in [5.74, 6) is -0.134. The monoisotopic (exact) mass is 275 g/mol. The number of nitrogens with one attached hydrogen (secondary N) is 1. The molecule has 108 valence electrons. The third kappa shape index (κ3) is 3.33. The molecule has 2 heterocycles. The Balaban J connectivity index is 2.06. The summed E-state index contributed by atoms with van der Waals surface area (Å²) in [6.07, 6.45) is 4.98. The van der Waals surface area contributed by atoms with Crippen LogP contribution in [0.1, 0.15) is 24.2 Å². The molecular weight excluding hydrogens is 254 g/mol. The van der Waals surface area contributed by atoms with E-state index in [4.69, 9.17) is 0 Å². The molecule has 0 unspecified atom stereocenters. The molecule has 0 bridgehead atoms. The predicted octanol–water partition coefficient (Wildman–Crippen LogP) is 1.05. The van der Waals surface area contributed by atoms with Gasteiger partial charge in [-0.05, 0) is 25.6 Å². The average molecular weight is 275 g/mol. The van der Waals surface area contributed by atoms with Gasteiger partial charge in [-0.25, -0.2) is 9.50 Å². The van der Waals surface area contributed by atoms with Crippen LogP contribution in [0.3, 0.4) is 0 Å².